The molecule has 1 aliphatic carbocycles. The number of benzene rings is 2. The van der Waals surface area contributed by atoms with Crippen LogP contribution in [0, 0.1) is 12.8 Å². The number of allylic oxidation sites excluding steroid dienone is 3. The molecule has 0 radical (unpaired) electrons. The molecule has 7 heteroatoms. The number of rotatable bonds is 5. The molecular formula is C26H24ClN3O3. The average molecular weight is 462 g/mol. The van der Waals surface area contributed by atoms with Gasteiger partial charge in [0.2, 0.25) is 5.91 Å². The molecule has 33 heavy (non-hydrogen) atoms. The maximum atomic E-state index is 12.7. The van der Waals surface area contributed by atoms with Crippen LogP contribution in [0.5, 0.6) is 0 Å². The summed E-state index contributed by atoms with van der Waals surface area (Å²) < 4.78 is 0. The van der Waals surface area contributed by atoms with Crippen LogP contribution in [0.2, 0.25) is 0 Å². The summed E-state index contributed by atoms with van der Waals surface area (Å²) in [7, 11) is 0. The van der Waals surface area contributed by atoms with Gasteiger partial charge >= 0.3 is 6.03 Å². The quantitative estimate of drug-likeness (QED) is 0.394. The van der Waals surface area contributed by atoms with E-state index in [1.54, 1.807) is 18.2 Å². The molecule has 4 rings (SSSR count). The number of hydrogen-bond donors (Lipinski definition) is 2. The molecule has 168 valence electrons. The molecule has 1 saturated heterocycles. The SMILES string of the molecule is Cc1ccc(-c2ccc(/C=C3\NC(=O)N(CC(=O)NC4=CC(C)C(Cl)C=C4)C3=O)cc2)cc1. The first-order valence-electron chi connectivity index (χ1n) is 10.7. The fourth-order valence-corrected chi connectivity index (χ4v) is 3.77. The van der Waals surface area contributed by atoms with E-state index in [4.69, 9.17) is 11.6 Å². The molecule has 4 amide bonds. The smallest absolute Gasteiger partial charge is 0.325 e. The van der Waals surface area contributed by atoms with Gasteiger partial charge in [-0.25, -0.2) is 9.69 Å². The van der Waals surface area contributed by atoms with Gasteiger partial charge in [-0.15, -0.1) is 11.6 Å². The van der Waals surface area contributed by atoms with Crippen LogP contribution in [0.3, 0.4) is 0 Å². The van der Waals surface area contributed by atoms with Gasteiger partial charge in [0.05, 0.1) is 5.38 Å². The minimum Gasteiger partial charge on any atom is -0.325 e. The lowest BCUT2D eigenvalue weighted by Gasteiger charge is -2.18. The molecule has 2 aromatic rings. The summed E-state index contributed by atoms with van der Waals surface area (Å²) >= 11 is 6.12. The average Bonchev–Trinajstić information content (AvgIpc) is 3.05. The number of urea groups is 1. The molecule has 1 fully saturated rings. The summed E-state index contributed by atoms with van der Waals surface area (Å²) in [4.78, 5) is 38.3. The maximum Gasteiger partial charge on any atom is 0.329 e. The number of carbonyl (C=O) groups excluding carboxylic acids is 3. The van der Waals surface area contributed by atoms with Crippen LogP contribution < -0.4 is 10.6 Å². The number of nitrogens with one attached hydrogen (secondary N) is 2. The number of amides is 4. The molecule has 2 atom stereocenters. The monoisotopic (exact) mass is 461 g/mol. The molecule has 0 bridgehead atoms. The van der Waals surface area contributed by atoms with E-state index >= 15 is 0 Å². The zero-order chi connectivity index (χ0) is 23.5. The molecule has 0 aromatic heterocycles. The molecule has 1 aliphatic heterocycles. The molecule has 2 aliphatic rings. The summed E-state index contributed by atoms with van der Waals surface area (Å²) in [6.45, 7) is 3.60. The minimum absolute atomic E-state index is 0.0654. The summed E-state index contributed by atoms with van der Waals surface area (Å²) in [5, 5.41) is 5.13. The Kier molecular flexibility index (Phi) is 6.47. The zero-order valence-corrected chi connectivity index (χ0v) is 19.1. The molecule has 2 aromatic carbocycles. The van der Waals surface area contributed by atoms with Crippen molar-refractivity contribution in [3.63, 3.8) is 0 Å². The second kappa shape index (κ2) is 9.46. The van der Waals surface area contributed by atoms with Gasteiger partial charge in [0.1, 0.15) is 12.2 Å². The lowest BCUT2D eigenvalue weighted by atomic mass is 10.0. The molecular weight excluding hydrogens is 438 g/mol. The molecule has 0 spiro atoms. The normalized spacial score (nSPS) is 21.2. The van der Waals surface area contributed by atoms with E-state index in [-0.39, 0.29) is 23.5 Å². The van der Waals surface area contributed by atoms with Crippen LogP contribution in [0.15, 0.2) is 78.2 Å². The first-order chi connectivity index (χ1) is 15.8. The molecule has 0 saturated carbocycles. The van der Waals surface area contributed by atoms with Crippen LogP contribution in [0.1, 0.15) is 18.1 Å². The number of aryl methyl sites for hydroxylation is 1. The standard InChI is InChI=1S/C26H24ClN3O3/c1-16-3-7-19(8-4-16)20-9-5-18(6-10-20)14-23-25(32)30(26(33)29-23)15-24(31)28-21-11-12-22(27)17(2)13-21/h3-14,17,22H,15H2,1-2H3,(H,28,31)(H,29,33)/b23-14-. The number of imide groups is 1. The van der Waals surface area contributed by atoms with Crippen LogP contribution >= 0.6 is 11.6 Å². The van der Waals surface area contributed by atoms with Crippen molar-refractivity contribution in [2.45, 2.75) is 19.2 Å². The van der Waals surface area contributed by atoms with E-state index in [2.05, 4.69) is 34.9 Å². The number of nitrogens with zero attached hydrogens (tertiary/aromatic N) is 1. The Labute approximate surface area is 197 Å². The Morgan fingerprint density at radius 1 is 1.09 bits per heavy atom. The number of alkyl halides is 1. The highest BCUT2D eigenvalue weighted by atomic mass is 35.5. The Balaban J connectivity index is 1.41. The summed E-state index contributed by atoms with van der Waals surface area (Å²) in [6, 6.07) is 15.3. The van der Waals surface area contributed by atoms with Crippen molar-refractivity contribution in [1.82, 2.24) is 15.5 Å². The van der Waals surface area contributed by atoms with Crippen molar-refractivity contribution in [2.24, 2.45) is 5.92 Å². The van der Waals surface area contributed by atoms with E-state index < -0.39 is 17.8 Å². The first kappa shape index (κ1) is 22.6. The Hall–Kier alpha value is -3.64. The van der Waals surface area contributed by atoms with Gasteiger partial charge in [0.25, 0.3) is 5.91 Å². The van der Waals surface area contributed by atoms with Crippen LogP contribution in [-0.4, -0.2) is 34.7 Å². The van der Waals surface area contributed by atoms with E-state index in [9.17, 15) is 14.4 Å². The van der Waals surface area contributed by atoms with Crippen molar-refractivity contribution in [2.75, 3.05) is 6.54 Å². The van der Waals surface area contributed by atoms with Gasteiger partial charge in [-0.1, -0.05) is 73.2 Å². The third-order valence-corrected chi connectivity index (χ3v) is 6.10. The second-order valence-electron chi connectivity index (χ2n) is 8.20. The zero-order valence-electron chi connectivity index (χ0n) is 18.3. The highest BCUT2D eigenvalue weighted by molar-refractivity contribution is 6.22. The second-order valence-corrected chi connectivity index (χ2v) is 8.70. The first-order valence-corrected chi connectivity index (χ1v) is 11.1. The van der Waals surface area contributed by atoms with E-state index in [1.165, 1.54) is 5.56 Å². The van der Waals surface area contributed by atoms with Crippen molar-refractivity contribution in [3.8, 4) is 11.1 Å². The lowest BCUT2D eigenvalue weighted by molar-refractivity contribution is -0.129. The highest BCUT2D eigenvalue weighted by Gasteiger charge is 2.35. The Morgan fingerprint density at radius 3 is 2.36 bits per heavy atom. The minimum atomic E-state index is -0.625. The predicted octanol–water partition coefficient (Wildman–Crippen LogP) is 4.37. The fourth-order valence-electron chi connectivity index (χ4n) is 3.63. The number of hydrogen-bond acceptors (Lipinski definition) is 3. The van der Waals surface area contributed by atoms with Gasteiger partial charge < -0.3 is 10.6 Å². The fraction of sp³-hybridized carbons (Fsp3) is 0.192. The van der Waals surface area contributed by atoms with E-state index in [0.29, 0.717) is 5.70 Å². The Bertz CT molecular complexity index is 1180. The summed E-state index contributed by atoms with van der Waals surface area (Å²) in [5.74, 6) is -0.936. The van der Waals surface area contributed by atoms with Crippen molar-refractivity contribution in [3.05, 3.63) is 89.3 Å². The van der Waals surface area contributed by atoms with Crippen molar-refractivity contribution in [1.29, 1.82) is 0 Å². The van der Waals surface area contributed by atoms with Crippen LogP contribution in [0.4, 0.5) is 4.79 Å². The third-order valence-electron chi connectivity index (χ3n) is 5.56. The summed E-state index contributed by atoms with van der Waals surface area (Å²) in [6.07, 6.45) is 6.95. The third kappa shape index (κ3) is 5.23. The largest absolute Gasteiger partial charge is 0.329 e. The van der Waals surface area contributed by atoms with Crippen molar-refractivity contribution < 1.29 is 14.4 Å². The van der Waals surface area contributed by atoms with Gasteiger partial charge in [0, 0.05) is 5.70 Å². The molecule has 2 unspecified atom stereocenters. The van der Waals surface area contributed by atoms with Crippen LogP contribution in [-0.2, 0) is 9.59 Å². The Morgan fingerprint density at radius 2 is 1.73 bits per heavy atom. The summed E-state index contributed by atoms with van der Waals surface area (Å²) in [5.41, 5.74) is 4.84. The molecule has 2 N–H and O–H groups in total. The maximum absolute atomic E-state index is 12.7. The topological polar surface area (TPSA) is 78.5 Å². The molecule has 6 nitrogen and oxygen atoms in total. The van der Waals surface area contributed by atoms with E-state index in [0.717, 1.165) is 21.6 Å². The molecule has 1 heterocycles. The predicted molar refractivity (Wildman–Crippen MR) is 129 cm³/mol. The lowest BCUT2D eigenvalue weighted by Crippen LogP contribution is -2.40. The number of carbonyl (C=O) groups is 3. The number of halogens is 1. The van der Waals surface area contributed by atoms with Gasteiger partial charge in [-0.3, -0.25) is 9.59 Å². The van der Waals surface area contributed by atoms with Crippen LogP contribution in [0.25, 0.3) is 17.2 Å². The van der Waals surface area contributed by atoms with E-state index in [1.807, 2.05) is 44.2 Å². The van der Waals surface area contributed by atoms with Gasteiger partial charge in [0.15, 0.2) is 0 Å². The highest BCUT2D eigenvalue weighted by Crippen LogP contribution is 2.22. The van der Waals surface area contributed by atoms with Crippen molar-refractivity contribution >= 4 is 35.5 Å². The van der Waals surface area contributed by atoms with Gasteiger partial charge in [-0.2, -0.15) is 0 Å². The van der Waals surface area contributed by atoms with Gasteiger partial charge in [-0.05, 0) is 41.7 Å².